The molecule has 1 unspecified atom stereocenters. The van der Waals surface area contributed by atoms with Gasteiger partial charge in [-0.15, -0.1) is 0 Å². The highest BCUT2D eigenvalue weighted by Crippen LogP contribution is 2.22. The zero-order valence-corrected chi connectivity index (χ0v) is 10.3. The smallest absolute Gasteiger partial charge is 0.319 e. The Balaban J connectivity index is 2.56. The summed E-state index contributed by atoms with van der Waals surface area (Å²) >= 11 is 5.76. The number of rotatable bonds is 4. The lowest BCUT2D eigenvalue weighted by molar-refractivity contribution is 0.173. The van der Waals surface area contributed by atoms with Gasteiger partial charge in [0.25, 0.3) is 0 Å². The van der Waals surface area contributed by atoms with E-state index in [2.05, 4.69) is 10.6 Å². The highest BCUT2D eigenvalue weighted by Gasteiger charge is 2.09. The van der Waals surface area contributed by atoms with Crippen LogP contribution in [0.5, 0.6) is 0 Å². The van der Waals surface area contributed by atoms with Crippen molar-refractivity contribution in [2.75, 3.05) is 19.0 Å². The van der Waals surface area contributed by atoms with E-state index in [0.29, 0.717) is 12.3 Å². The topological polar surface area (TPSA) is 50.4 Å². The van der Waals surface area contributed by atoms with Crippen molar-refractivity contribution < 1.29 is 13.9 Å². The van der Waals surface area contributed by atoms with E-state index in [1.807, 2.05) is 0 Å². The molecule has 0 aliphatic rings. The second kappa shape index (κ2) is 6.42. The molecule has 0 aromatic heterocycles. The summed E-state index contributed by atoms with van der Waals surface area (Å²) in [6.45, 7) is 2.21. The fraction of sp³-hybridized carbons (Fsp3) is 0.364. The third-order valence-corrected chi connectivity index (χ3v) is 2.29. The summed E-state index contributed by atoms with van der Waals surface area (Å²) in [6.07, 6.45) is 0. The second-order valence-corrected chi connectivity index (χ2v) is 3.99. The van der Waals surface area contributed by atoms with Crippen molar-refractivity contribution in [2.45, 2.75) is 13.0 Å². The summed E-state index contributed by atoms with van der Waals surface area (Å²) in [5, 5.41) is 5.32. The Morgan fingerprint density at radius 3 is 2.88 bits per heavy atom. The van der Waals surface area contributed by atoms with Crippen LogP contribution in [0.2, 0.25) is 5.02 Å². The summed E-state index contributed by atoms with van der Waals surface area (Å²) in [5.41, 5.74) is 0.357. The van der Waals surface area contributed by atoms with Crippen molar-refractivity contribution in [3.05, 3.63) is 29.0 Å². The molecule has 4 nitrogen and oxygen atoms in total. The van der Waals surface area contributed by atoms with Gasteiger partial charge in [-0.25, -0.2) is 9.18 Å². The van der Waals surface area contributed by atoms with E-state index in [4.69, 9.17) is 16.3 Å². The van der Waals surface area contributed by atoms with Crippen LogP contribution in [0.4, 0.5) is 14.9 Å². The van der Waals surface area contributed by atoms with Gasteiger partial charge in [0.1, 0.15) is 5.82 Å². The first-order valence-electron chi connectivity index (χ1n) is 5.04. The quantitative estimate of drug-likeness (QED) is 0.874. The predicted octanol–water partition coefficient (Wildman–Crippen LogP) is 2.64. The second-order valence-electron chi connectivity index (χ2n) is 3.58. The molecule has 17 heavy (non-hydrogen) atoms. The maximum absolute atomic E-state index is 12.8. The minimum absolute atomic E-state index is 0.126. The predicted molar refractivity (Wildman–Crippen MR) is 64.9 cm³/mol. The maximum atomic E-state index is 12.8. The number of halogens is 2. The van der Waals surface area contributed by atoms with E-state index in [1.165, 1.54) is 12.1 Å². The number of ether oxygens (including phenoxy) is 1. The summed E-state index contributed by atoms with van der Waals surface area (Å²) in [6, 6.07) is 3.22. The molecule has 1 atom stereocenters. The van der Waals surface area contributed by atoms with E-state index in [9.17, 15) is 9.18 Å². The SMILES string of the molecule is COCC(C)NC(=O)Nc1ccc(F)cc1Cl. The van der Waals surface area contributed by atoms with Crippen LogP contribution in [0.1, 0.15) is 6.92 Å². The normalized spacial score (nSPS) is 12.0. The van der Waals surface area contributed by atoms with Crippen LogP contribution in [-0.2, 0) is 4.74 Å². The van der Waals surface area contributed by atoms with Gasteiger partial charge in [0, 0.05) is 7.11 Å². The minimum Gasteiger partial charge on any atom is -0.383 e. The number of hydrogen-bond donors (Lipinski definition) is 2. The molecule has 94 valence electrons. The summed E-state index contributed by atoms with van der Waals surface area (Å²) < 4.78 is 17.6. The maximum Gasteiger partial charge on any atom is 0.319 e. The fourth-order valence-electron chi connectivity index (χ4n) is 1.26. The van der Waals surface area contributed by atoms with Crippen molar-refractivity contribution >= 4 is 23.3 Å². The van der Waals surface area contributed by atoms with Gasteiger partial charge < -0.3 is 15.4 Å². The van der Waals surface area contributed by atoms with Crippen LogP contribution < -0.4 is 10.6 Å². The molecule has 0 bridgehead atoms. The molecule has 2 N–H and O–H groups in total. The molecule has 0 fully saturated rings. The molecule has 0 heterocycles. The molecule has 0 saturated heterocycles. The van der Waals surface area contributed by atoms with Gasteiger partial charge in [-0.1, -0.05) is 11.6 Å². The van der Waals surface area contributed by atoms with Crippen LogP contribution in [-0.4, -0.2) is 25.8 Å². The van der Waals surface area contributed by atoms with Gasteiger partial charge in [-0.05, 0) is 25.1 Å². The van der Waals surface area contributed by atoms with Gasteiger partial charge in [-0.2, -0.15) is 0 Å². The number of anilines is 1. The third kappa shape index (κ3) is 4.58. The Kier molecular flexibility index (Phi) is 5.18. The lowest BCUT2D eigenvalue weighted by atomic mass is 10.3. The molecule has 1 rings (SSSR count). The minimum atomic E-state index is -0.450. The lowest BCUT2D eigenvalue weighted by Gasteiger charge is -2.14. The fourth-order valence-corrected chi connectivity index (χ4v) is 1.48. The average molecular weight is 261 g/mol. The van der Waals surface area contributed by atoms with Crippen molar-refractivity contribution in [3.8, 4) is 0 Å². The van der Waals surface area contributed by atoms with Crippen LogP contribution in [0.3, 0.4) is 0 Å². The molecule has 0 spiro atoms. The number of urea groups is 1. The van der Waals surface area contributed by atoms with Gasteiger partial charge >= 0.3 is 6.03 Å². The van der Waals surface area contributed by atoms with E-state index in [-0.39, 0.29) is 11.1 Å². The number of amides is 2. The molecule has 0 radical (unpaired) electrons. The monoisotopic (exact) mass is 260 g/mol. The molecule has 0 aliphatic carbocycles. The Morgan fingerprint density at radius 1 is 1.59 bits per heavy atom. The van der Waals surface area contributed by atoms with Crippen LogP contribution in [0, 0.1) is 5.82 Å². The molecule has 0 aliphatic heterocycles. The van der Waals surface area contributed by atoms with Crippen LogP contribution in [0.15, 0.2) is 18.2 Å². The van der Waals surface area contributed by atoms with E-state index in [1.54, 1.807) is 14.0 Å². The van der Waals surface area contributed by atoms with E-state index in [0.717, 1.165) is 6.07 Å². The van der Waals surface area contributed by atoms with Crippen LogP contribution >= 0.6 is 11.6 Å². The standard InChI is InChI=1S/C11H14ClFN2O2/c1-7(6-17-2)14-11(16)15-10-4-3-8(13)5-9(10)12/h3-5,7H,6H2,1-2H3,(H2,14,15,16). The van der Waals surface area contributed by atoms with Gasteiger partial charge in [0.15, 0.2) is 0 Å². The van der Waals surface area contributed by atoms with Gasteiger partial charge in [0.05, 0.1) is 23.4 Å². The molecule has 0 saturated carbocycles. The lowest BCUT2D eigenvalue weighted by Crippen LogP contribution is -2.38. The first-order chi connectivity index (χ1) is 8.02. The number of carbonyl (C=O) groups is 1. The molecular weight excluding hydrogens is 247 g/mol. The Bertz CT molecular complexity index is 401. The highest BCUT2D eigenvalue weighted by atomic mass is 35.5. The van der Waals surface area contributed by atoms with Gasteiger partial charge in [0.2, 0.25) is 0 Å². The van der Waals surface area contributed by atoms with Crippen molar-refractivity contribution in [1.29, 1.82) is 0 Å². The Morgan fingerprint density at radius 2 is 2.29 bits per heavy atom. The number of hydrogen-bond acceptors (Lipinski definition) is 2. The van der Waals surface area contributed by atoms with Crippen molar-refractivity contribution in [2.24, 2.45) is 0 Å². The zero-order chi connectivity index (χ0) is 12.8. The third-order valence-electron chi connectivity index (χ3n) is 1.97. The number of carbonyl (C=O) groups excluding carboxylic acids is 1. The van der Waals surface area contributed by atoms with Crippen molar-refractivity contribution in [1.82, 2.24) is 5.32 Å². The van der Waals surface area contributed by atoms with E-state index >= 15 is 0 Å². The molecule has 1 aromatic rings. The molecule has 6 heteroatoms. The van der Waals surface area contributed by atoms with Crippen molar-refractivity contribution in [3.63, 3.8) is 0 Å². The number of benzene rings is 1. The summed E-state index contributed by atoms with van der Waals surface area (Å²) in [4.78, 5) is 11.5. The Hall–Kier alpha value is -1.33. The first-order valence-corrected chi connectivity index (χ1v) is 5.42. The molecule has 2 amide bonds. The van der Waals surface area contributed by atoms with Crippen LogP contribution in [0.25, 0.3) is 0 Å². The average Bonchev–Trinajstić information content (AvgIpc) is 2.22. The Labute approximate surface area is 104 Å². The summed E-state index contributed by atoms with van der Waals surface area (Å²) in [7, 11) is 1.55. The van der Waals surface area contributed by atoms with E-state index < -0.39 is 11.8 Å². The molecule has 1 aromatic carbocycles. The summed E-state index contributed by atoms with van der Waals surface area (Å²) in [5.74, 6) is -0.450. The number of methoxy groups -OCH3 is 1. The van der Waals surface area contributed by atoms with Gasteiger partial charge in [-0.3, -0.25) is 0 Å². The highest BCUT2D eigenvalue weighted by molar-refractivity contribution is 6.33. The number of nitrogens with one attached hydrogen (secondary N) is 2. The largest absolute Gasteiger partial charge is 0.383 e. The zero-order valence-electron chi connectivity index (χ0n) is 9.59. The molecular formula is C11H14ClFN2O2. The first kappa shape index (κ1) is 13.7.